The van der Waals surface area contributed by atoms with Gasteiger partial charge in [-0.2, -0.15) is 0 Å². The summed E-state index contributed by atoms with van der Waals surface area (Å²) >= 11 is 7.10. The number of carbonyl (C=O) groups is 1. The maximum atomic E-state index is 12.0. The van der Waals surface area contributed by atoms with Gasteiger partial charge in [0, 0.05) is 23.6 Å². The first kappa shape index (κ1) is 13.4. The Morgan fingerprint density at radius 2 is 2.29 bits per heavy atom. The summed E-state index contributed by atoms with van der Waals surface area (Å²) in [7, 11) is 0. The number of hydrogen-bond donors (Lipinski definition) is 0. The fourth-order valence-electron chi connectivity index (χ4n) is 1.91. The molecule has 0 N–H and O–H groups in total. The summed E-state index contributed by atoms with van der Waals surface area (Å²) in [5, 5.41) is 0.218. The molecule has 1 aliphatic rings. The van der Waals surface area contributed by atoms with Gasteiger partial charge in [0.15, 0.2) is 0 Å². The second-order valence-corrected chi connectivity index (χ2v) is 8.24. The minimum atomic E-state index is 0.218. The molecule has 1 unspecified atom stereocenters. The Hall–Kier alpha value is -0.0000000000000000833. The Labute approximate surface area is 119 Å². The third-order valence-corrected chi connectivity index (χ3v) is 5.68. The van der Waals surface area contributed by atoms with Gasteiger partial charge in [-0.3, -0.25) is 4.79 Å². The smallest absolute Gasteiger partial charge is 0.224 e. The van der Waals surface area contributed by atoms with Gasteiger partial charge in [0.1, 0.15) is 5.37 Å². The highest BCUT2D eigenvalue weighted by atomic mass is 79.9. The van der Waals surface area contributed by atoms with E-state index in [0.29, 0.717) is 18.2 Å². The lowest BCUT2D eigenvalue weighted by Gasteiger charge is -2.35. The molecule has 1 aromatic rings. The van der Waals surface area contributed by atoms with Gasteiger partial charge in [0.05, 0.1) is 3.79 Å². The molecule has 1 atom stereocenters. The van der Waals surface area contributed by atoms with Crippen molar-refractivity contribution >= 4 is 44.9 Å². The fraction of sp³-hybridized carbons (Fsp3) is 0.583. The Kier molecular flexibility index (Phi) is 4.55. The SMILES string of the molecule is CC(C)CN1C(=O)CCSC1c1ccc(Br)s1. The molecule has 0 aliphatic carbocycles. The molecule has 2 rings (SSSR count). The molecule has 2 heterocycles. The van der Waals surface area contributed by atoms with E-state index in [9.17, 15) is 4.79 Å². The molecule has 17 heavy (non-hydrogen) atoms. The van der Waals surface area contributed by atoms with E-state index in [-0.39, 0.29) is 5.37 Å². The molecule has 1 amide bonds. The van der Waals surface area contributed by atoms with Gasteiger partial charge in [0.25, 0.3) is 0 Å². The van der Waals surface area contributed by atoms with Crippen LogP contribution in [0.15, 0.2) is 15.9 Å². The zero-order valence-corrected chi connectivity index (χ0v) is 13.2. The maximum absolute atomic E-state index is 12.0. The normalized spacial score (nSPS) is 21.3. The van der Waals surface area contributed by atoms with Crippen LogP contribution < -0.4 is 0 Å². The van der Waals surface area contributed by atoms with Gasteiger partial charge in [-0.1, -0.05) is 13.8 Å². The molecule has 1 saturated heterocycles. The highest BCUT2D eigenvalue weighted by Crippen LogP contribution is 2.41. The standard InChI is InChI=1S/C12H16BrNOS2/c1-8(2)7-14-11(15)5-6-16-12(14)9-3-4-10(13)17-9/h3-4,8,12H,5-7H2,1-2H3. The van der Waals surface area contributed by atoms with Gasteiger partial charge in [0.2, 0.25) is 5.91 Å². The van der Waals surface area contributed by atoms with Crippen LogP contribution in [0.2, 0.25) is 0 Å². The summed E-state index contributed by atoms with van der Waals surface area (Å²) in [5.41, 5.74) is 0. The summed E-state index contributed by atoms with van der Waals surface area (Å²) in [6.07, 6.45) is 0.681. The van der Waals surface area contributed by atoms with Crippen LogP contribution in [0.25, 0.3) is 0 Å². The zero-order valence-electron chi connectivity index (χ0n) is 9.98. The molecule has 1 fully saturated rings. The number of amides is 1. The molecule has 94 valence electrons. The average molecular weight is 334 g/mol. The van der Waals surface area contributed by atoms with Gasteiger partial charge in [-0.15, -0.1) is 23.1 Å². The van der Waals surface area contributed by atoms with Crippen molar-refractivity contribution in [1.29, 1.82) is 0 Å². The molecular formula is C12H16BrNOS2. The second kappa shape index (κ2) is 5.76. The maximum Gasteiger partial charge on any atom is 0.224 e. The predicted molar refractivity (Wildman–Crippen MR) is 78.4 cm³/mol. The first-order valence-corrected chi connectivity index (χ1v) is 8.40. The van der Waals surface area contributed by atoms with Gasteiger partial charge in [-0.05, 0) is 34.0 Å². The highest BCUT2D eigenvalue weighted by molar-refractivity contribution is 9.11. The van der Waals surface area contributed by atoms with Crippen LogP contribution in [-0.2, 0) is 4.79 Å². The summed E-state index contributed by atoms with van der Waals surface area (Å²) in [5.74, 6) is 1.75. The zero-order chi connectivity index (χ0) is 12.4. The van der Waals surface area contributed by atoms with Crippen molar-refractivity contribution in [3.63, 3.8) is 0 Å². The third-order valence-electron chi connectivity index (χ3n) is 2.59. The predicted octanol–water partition coefficient (Wildman–Crippen LogP) is 4.13. The monoisotopic (exact) mass is 333 g/mol. The topological polar surface area (TPSA) is 20.3 Å². The van der Waals surface area contributed by atoms with E-state index in [2.05, 4.69) is 41.9 Å². The molecule has 0 spiro atoms. The molecule has 0 aromatic carbocycles. The van der Waals surface area contributed by atoms with E-state index in [4.69, 9.17) is 0 Å². The van der Waals surface area contributed by atoms with Crippen molar-refractivity contribution in [3.05, 3.63) is 20.8 Å². The summed E-state index contributed by atoms with van der Waals surface area (Å²) in [4.78, 5) is 15.3. The molecule has 0 saturated carbocycles. The minimum Gasteiger partial charge on any atom is -0.325 e. The number of halogens is 1. The molecule has 0 bridgehead atoms. The molecule has 1 aliphatic heterocycles. The van der Waals surface area contributed by atoms with Crippen LogP contribution in [0.4, 0.5) is 0 Å². The molecular weight excluding hydrogens is 318 g/mol. The van der Waals surface area contributed by atoms with Crippen LogP contribution in [0.1, 0.15) is 30.5 Å². The lowest BCUT2D eigenvalue weighted by atomic mass is 10.2. The van der Waals surface area contributed by atoms with E-state index in [1.165, 1.54) is 4.88 Å². The lowest BCUT2D eigenvalue weighted by molar-refractivity contribution is -0.132. The van der Waals surface area contributed by atoms with E-state index >= 15 is 0 Å². The summed E-state index contributed by atoms with van der Waals surface area (Å²) in [6, 6.07) is 4.19. The summed E-state index contributed by atoms with van der Waals surface area (Å²) in [6.45, 7) is 5.17. The van der Waals surface area contributed by atoms with Crippen LogP contribution >= 0.6 is 39.0 Å². The van der Waals surface area contributed by atoms with Crippen molar-refractivity contribution in [3.8, 4) is 0 Å². The fourth-order valence-corrected chi connectivity index (χ4v) is 4.82. The summed E-state index contributed by atoms with van der Waals surface area (Å²) < 4.78 is 1.13. The van der Waals surface area contributed by atoms with Gasteiger partial charge < -0.3 is 4.90 Å². The molecule has 5 heteroatoms. The van der Waals surface area contributed by atoms with Crippen LogP contribution in [0.5, 0.6) is 0 Å². The van der Waals surface area contributed by atoms with Crippen LogP contribution in [0, 0.1) is 5.92 Å². The number of hydrogen-bond acceptors (Lipinski definition) is 3. The number of thiophene rings is 1. The van der Waals surface area contributed by atoms with E-state index in [1.54, 1.807) is 11.3 Å². The first-order chi connectivity index (χ1) is 8.08. The van der Waals surface area contributed by atoms with E-state index < -0.39 is 0 Å². The first-order valence-electron chi connectivity index (χ1n) is 5.74. The molecule has 0 radical (unpaired) electrons. The quantitative estimate of drug-likeness (QED) is 0.828. The van der Waals surface area contributed by atoms with E-state index in [1.807, 2.05) is 16.7 Å². The second-order valence-electron chi connectivity index (χ2n) is 4.55. The van der Waals surface area contributed by atoms with Crippen molar-refractivity contribution in [1.82, 2.24) is 4.90 Å². The Morgan fingerprint density at radius 1 is 1.53 bits per heavy atom. The van der Waals surface area contributed by atoms with Crippen LogP contribution in [-0.4, -0.2) is 23.1 Å². The average Bonchev–Trinajstić information content (AvgIpc) is 2.67. The number of nitrogens with zero attached hydrogens (tertiary/aromatic N) is 1. The number of carbonyl (C=O) groups excluding carboxylic acids is 1. The largest absolute Gasteiger partial charge is 0.325 e. The molecule has 2 nitrogen and oxygen atoms in total. The van der Waals surface area contributed by atoms with E-state index in [0.717, 1.165) is 16.1 Å². The van der Waals surface area contributed by atoms with Gasteiger partial charge >= 0.3 is 0 Å². The van der Waals surface area contributed by atoms with Gasteiger partial charge in [-0.25, -0.2) is 0 Å². The van der Waals surface area contributed by atoms with Crippen LogP contribution in [0.3, 0.4) is 0 Å². The number of thioether (sulfide) groups is 1. The third kappa shape index (κ3) is 3.26. The Morgan fingerprint density at radius 3 is 2.88 bits per heavy atom. The molecule has 1 aromatic heterocycles. The van der Waals surface area contributed by atoms with Crippen molar-refractivity contribution in [2.45, 2.75) is 25.6 Å². The highest BCUT2D eigenvalue weighted by Gasteiger charge is 2.30. The lowest BCUT2D eigenvalue weighted by Crippen LogP contribution is -2.39. The minimum absolute atomic E-state index is 0.218. The Balaban J connectivity index is 2.20. The Bertz CT molecular complexity index is 405. The number of rotatable bonds is 3. The van der Waals surface area contributed by atoms with Crippen molar-refractivity contribution in [2.24, 2.45) is 5.92 Å². The van der Waals surface area contributed by atoms with Crippen molar-refractivity contribution < 1.29 is 4.79 Å². The van der Waals surface area contributed by atoms with Crippen molar-refractivity contribution in [2.75, 3.05) is 12.3 Å².